The van der Waals surface area contributed by atoms with Crippen LogP contribution >= 0.6 is 0 Å². The highest BCUT2D eigenvalue weighted by molar-refractivity contribution is 5.80. The average molecular weight is 279 g/mol. The molecule has 3 fully saturated rings. The predicted molar refractivity (Wildman–Crippen MR) is 80.3 cm³/mol. The summed E-state index contributed by atoms with van der Waals surface area (Å²) in [5.41, 5.74) is 6.30. The van der Waals surface area contributed by atoms with E-state index >= 15 is 0 Å². The second-order valence-corrected chi connectivity index (χ2v) is 7.06. The average Bonchev–Trinajstić information content (AvgIpc) is 2.49. The minimum atomic E-state index is 0.0700. The molecule has 2 saturated heterocycles. The normalized spacial score (nSPS) is 39.4. The summed E-state index contributed by atoms with van der Waals surface area (Å²) in [6, 6.07) is 0.680. The second-order valence-electron chi connectivity index (χ2n) is 7.06. The molecular weight excluding hydrogens is 250 g/mol. The van der Waals surface area contributed by atoms with Crippen molar-refractivity contribution in [3.05, 3.63) is 0 Å². The van der Waals surface area contributed by atoms with Crippen molar-refractivity contribution >= 4 is 5.91 Å². The Bertz CT molecular complexity index is 360. The van der Waals surface area contributed by atoms with Gasteiger partial charge < -0.3 is 10.6 Å². The zero-order valence-electron chi connectivity index (χ0n) is 12.8. The Balaban J connectivity index is 1.62. The Kier molecular flexibility index (Phi) is 4.32. The third-order valence-electron chi connectivity index (χ3n) is 5.76. The molecule has 2 aliphatic heterocycles. The van der Waals surface area contributed by atoms with Gasteiger partial charge >= 0.3 is 0 Å². The van der Waals surface area contributed by atoms with Gasteiger partial charge in [-0.1, -0.05) is 19.8 Å². The monoisotopic (exact) mass is 279 g/mol. The Morgan fingerprint density at radius 3 is 2.75 bits per heavy atom. The van der Waals surface area contributed by atoms with Gasteiger partial charge in [-0.2, -0.15) is 0 Å². The molecule has 0 spiro atoms. The summed E-state index contributed by atoms with van der Waals surface area (Å²) in [6.45, 7) is 6.34. The van der Waals surface area contributed by atoms with Gasteiger partial charge in [0.2, 0.25) is 5.91 Å². The van der Waals surface area contributed by atoms with Crippen LogP contribution in [0, 0.1) is 11.8 Å². The van der Waals surface area contributed by atoms with Crippen LogP contribution in [0.4, 0.5) is 0 Å². The van der Waals surface area contributed by atoms with E-state index in [9.17, 15) is 4.79 Å². The molecule has 4 unspecified atom stereocenters. The fraction of sp³-hybridized carbons (Fsp3) is 0.938. The lowest BCUT2D eigenvalue weighted by Gasteiger charge is -2.46. The summed E-state index contributed by atoms with van der Waals surface area (Å²) in [4.78, 5) is 17.5. The third kappa shape index (κ3) is 2.73. The number of nitrogens with zero attached hydrogens (tertiary/aromatic N) is 2. The summed E-state index contributed by atoms with van der Waals surface area (Å²) in [7, 11) is 0. The minimum absolute atomic E-state index is 0.0700. The molecule has 0 aromatic carbocycles. The first-order valence-electron chi connectivity index (χ1n) is 8.45. The Morgan fingerprint density at radius 2 is 1.90 bits per heavy atom. The third-order valence-corrected chi connectivity index (χ3v) is 5.76. The van der Waals surface area contributed by atoms with Gasteiger partial charge in [0.15, 0.2) is 0 Å². The van der Waals surface area contributed by atoms with E-state index in [4.69, 9.17) is 5.73 Å². The first kappa shape index (κ1) is 14.3. The maximum atomic E-state index is 12.8. The largest absolute Gasteiger partial charge is 0.340 e. The molecule has 20 heavy (non-hydrogen) atoms. The fourth-order valence-corrected chi connectivity index (χ4v) is 4.32. The van der Waals surface area contributed by atoms with Crippen molar-refractivity contribution in [3.63, 3.8) is 0 Å². The number of rotatable bonds is 1. The van der Waals surface area contributed by atoms with Crippen LogP contribution in [0.25, 0.3) is 0 Å². The van der Waals surface area contributed by atoms with E-state index in [1.54, 1.807) is 0 Å². The fourth-order valence-electron chi connectivity index (χ4n) is 4.32. The number of fused-ring (bicyclic) bond motifs is 1. The summed E-state index contributed by atoms with van der Waals surface area (Å²) in [6.07, 6.45) is 7.25. The number of amides is 1. The molecule has 4 nitrogen and oxygen atoms in total. The number of hydrogen-bond acceptors (Lipinski definition) is 3. The number of carbonyl (C=O) groups excluding carboxylic acids is 1. The molecule has 0 aromatic heterocycles. The summed E-state index contributed by atoms with van der Waals surface area (Å²) >= 11 is 0. The number of nitrogens with two attached hydrogens (primary N) is 1. The molecule has 114 valence electrons. The van der Waals surface area contributed by atoms with Crippen molar-refractivity contribution < 1.29 is 4.79 Å². The van der Waals surface area contributed by atoms with Crippen molar-refractivity contribution in [1.29, 1.82) is 0 Å². The van der Waals surface area contributed by atoms with Crippen LogP contribution in [-0.2, 0) is 4.79 Å². The standard InChI is InChI=1S/C16H29N3O/c1-12-5-4-7-14(15(12)17)16(20)19-10-9-18-8-3-2-6-13(18)11-19/h12-15H,2-11,17H2,1H3. The zero-order valence-corrected chi connectivity index (χ0v) is 12.8. The lowest BCUT2D eigenvalue weighted by atomic mass is 9.77. The van der Waals surface area contributed by atoms with Crippen LogP contribution in [-0.4, -0.2) is 54.0 Å². The molecule has 3 aliphatic rings. The molecule has 4 atom stereocenters. The Labute approximate surface area is 122 Å². The zero-order chi connectivity index (χ0) is 14.1. The minimum Gasteiger partial charge on any atom is -0.340 e. The van der Waals surface area contributed by atoms with E-state index in [1.807, 2.05) is 0 Å². The van der Waals surface area contributed by atoms with Gasteiger partial charge in [-0.15, -0.1) is 0 Å². The quantitative estimate of drug-likeness (QED) is 0.790. The van der Waals surface area contributed by atoms with Gasteiger partial charge in [0.05, 0.1) is 5.92 Å². The SMILES string of the molecule is CC1CCCC(C(=O)N2CCN3CCCCC3C2)C1N. The van der Waals surface area contributed by atoms with E-state index in [-0.39, 0.29) is 12.0 Å². The van der Waals surface area contributed by atoms with Crippen molar-refractivity contribution in [2.45, 2.75) is 57.5 Å². The molecule has 0 aromatic rings. The molecule has 0 radical (unpaired) electrons. The van der Waals surface area contributed by atoms with Gasteiger partial charge in [-0.25, -0.2) is 0 Å². The first-order valence-corrected chi connectivity index (χ1v) is 8.45. The summed E-state index contributed by atoms with van der Waals surface area (Å²) in [5.74, 6) is 0.914. The van der Waals surface area contributed by atoms with E-state index in [1.165, 1.54) is 32.2 Å². The summed E-state index contributed by atoms with van der Waals surface area (Å²) < 4.78 is 0. The van der Waals surface area contributed by atoms with Gasteiger partial charge in [-0.3, -0.25) is 9.69 Å². The van der Waals surface area contributed by atoms with Crippen LogP contribution in [0.2, 0.25) is 0 Å². The lowest BCUT2D eigenvalue weighted by molar-refractivity contribution is -0.141. The van der Waals surface area contributed by atoms with Gasteiger partial charge in [0, 0.05) is 31.7 Å². The highest BCUT2D eigenvalue weighted by atomic mass is 16.2. The lowest BCUT2D eigenvalue weighted by Crippen LogP contribution is -2.59. The first-order chi connectivity index (χ1) is 9.66. The van der Waals surface area contributed by atoms with Crippen molar-refractivity contribution in [2.75, 3.05) is 26.2 Å². The Morgan fingerprint density at radius 1 is 1.05 bits per heavy atom. The number of piperazine rings is 1. The van der Waals surface area contributed by atoms with E-state index in [0.717, 1.165) is 32.5 Å². The maximum Gasteiger partial charge on any atom is 0.227 e. The van der Waals surface area contributed by atoms with Gasteiger partial charge in [0.25, 0.3) is 0 Å². The topological polar surface area (TPSA) is 49.6 Å². The van der Waals surface area contributed by atoms with Crippen LogP contribution in [0.1, 0.15) is 45.4 Å². The van der Waals surface area contributed by atoms with E-state index in [0.29, 0.717) is 17.9 Å². The van der Waals surface area contributed by atoms with Crippen LogP contribution < -0.4 is 5.73 Å². The van der Waals surface area contributed by atoms with Crippen LogP contribution in [0.3, 0.4) is 0 Å². The number of carbonyl (C=O) groups is 1. The smallest absolute Gasteiger partial charge is 0.227 e. The molecule has 3 rings (SSSR count). The highest BCUT2D eigenvalue weighted by Gasteiger charge is 2.38. The van der Waals surface area contributed by atoms with Crippen molar-refractivity contribution in [2.24, 2.45) is 17.6 Å². The van der Waals surface area contributed by atoms with Crippen molar-refractivity contribution in [1.82, 2.24) is 9.80 Å². The molecule has 1 saturated carbocycles. The molecular formula is C16H29N3O. The number of hydrogen-bond donors (Lipinski definition) is 1. The van der Waals surface area contributed by atoms with Crippen LogP contribution in [0.15, 0.2) is 0 Å². The highest BCUT2D eigenvalue weighted by Crippen LogP contribution is 2.30. The molecule has 2 heterocycles. The van der Waals surface area contributed by atoms with Gasteiger partial charge in [0.1, 0.15) is 0 Å². The maximum absolute atomic E-state index is 12.8. The van der Waals surface area contributed by atoms with Crippen molar-refractivity contribution in [3.8, 4) is 0 Å². The van der Waals surface area contributed by atoms with Crippen LogP contribution in [0.5, 0.6) is 0 Å². The van der Waals surface area contributed by atoms with Gasteiger partial charge in [-0.05, 0) is 38.1 Å². The molecule has 4 heteroatoms. The Hall–Kier alpha value is -0.610. The number of piperidine rings is 1. The second kappa shape index (κ2) is 6.02. The predicted octanol–water partition coefficient (Wildman–Crippen LogP) is 1.45. The summed E-state index contributed by atoms with van der Waals surface area (Å²) in [5, 5.41) is 0. The molecule has 1 amide bonds. The molecule has 2 N–H and O–H groups in total. The van der Waals surface area contributed by atoms with E-state index in [2.05, 4.69) is 16.7 Å². The molecule has 0 bridgehead atoms. The molecule has 1 aliphatic carbocycles. The van der Waals surface area contributed by atoms with E-state index < -0.39 is 0 Å².